The standard InChI is InChI=1S/C16H16BrN7O/c1-9-6-10(7-19-13(9)17)11-8-20-14-12(21-11)15(23-16(18)22-14)24-2-4-25-5-3-24/h6-8H,2-5H2,1H3,(H2,18,20,22,23). The smallest absolute Gasteiger partial charge is 0.224 e. The molecular formula is C16H16BrN7O. The van der Waals surface area contributed by atoms with Crippen LogP contribution in [0.25, 0.3) is 22.4 Å². The van der Waals surface area contributed by atoms with Crippen molar-refractivity contribution in [1.29, 1.82) is 0 Å². The van der Waals surface area contributed by atoms with Gasteiger partial charge in [0.25, 0.3) is 0 Å². The third-order valence-corrected chi connectivity index (χ3v) is 4.86. The summed E-state index contributed by atoms with van der Waals surface area (Å²) in [5, 5.41) is 0. The van der Waals surface area contributed by atoms with E-state index in [0.29, 0.717) is 30.2 Å². The van der Waals surface area contributed by atoms with Gasteiger partial charge in [-0.2, -0.15) is 9.97 Å². The molecule has 128 valence electrons. The molecular weight excluding hydrogens is 386 g/mol. The monoisotopic (exact) mass is 401 g/mol. The van der Waals surface area contributed by atoms with Crippen molar-refractivity contribution in [2.75, 3.05) is 36.9 Å². The second kappa shape index (κ2) is 6.49. The minimum atomic E-state index is 0.192. The number of pyridine rings is 1. The molecule has 0 atom stereocenters. The minimum absolute atomic E-state index is 0.192. The van der Waals surface area contributed by atoms with E-state index in [-0.39, 0.29) is 5.95 Å². The van der Waals surface area contributed by atoms with E-state index in [1.165, 1.54) is 0 Å². The van der Waals surface area contributed by atoms with Crippen LogP contribution in [0.1, 0.15) is 5.56 Å². The van der Waals surface area contributed by atoms with Crippen molar-refractivity contribution >= 4 is 38.9 Å². The van der Waals surface area contributed by atoms with Gasteiger partial charge in [0, 0.05) is 24.8 Å². The molecule has 4 rings (SSSR count). The van der Waals surface area contributed by atoms with Crippen molar-refractivity contribution in [3.8, 4) is 11.3 Å². The highest BCUT2D eigenvalue weighted by Gasteiger charge is 2.19. The summed E-state index contributed by atoms with van der Waals surface area (Å²) in [4.78, 5) is 24.2. The molecule has 1 aliphatic heterocycles. The van der Waals surface area contributed by atoms with Gasteiger partial charge in [-0.1, -0.05) is 0 Å². The highest BCUT2D eigenvalue weighted by atomic mass is 79.9. The maximum Gasteiger partial charge on any atom is 0.224 e. The Morgan fingerprint density at radius 3 is 2.68 bits per heavy atom. The Morgan fingerprint density at radius 2 is 1.92 bits per heavy atom. The molecule has 0 spiro atoms. The Labute approximate surface area is 152 Å². The Bertz CT molecular complexity index is 943. The van der Waals surface area contributed by atoms with Crippen molar-refractivity contribution in [1.82, 2.24) is 24.9 Å². The molecule has 1 saturated heterocycles. The number of aromatic nitrogens is 5. The van der Waals surface area contributed by atoms with E-state index in [1.807, 2.05) is 13.0 Å². The minimum Gasteiger partial charge on any atom is -0.378 e. The van der Waals surface area contributed by atoms with Crippen LogP contribution in [0.3, 0.4) is 0 Å². The molecule has 0 unspecified atom stereocenters. The fourth-order valence-corrected chi connectivity index (χ4v) is 2.96. The number of nitrogens with two attached hydrogens (primary N) is 1. The van der Waals surface area contributed by atoms with Gasteiger partial charge in [-0.25, -0.2) is 15.0 Å². The molecule has 0 amide bonds. The van der Waals surface area contributed by atoms with Gasteiger partial charge in [0.1, 0.15) is 4.60 Å². The molecule has 8 nitrogen and oxygen atoms in total. The zero-order valence-corrected chi connectivity index (χ0v) is 15.2. The lowest BCUT2D eigenvalue weighted by Gasteiger charge is -2.28. The molecule has 4 heterocycles. The molecule has 2 N–H and O–H groups in total. The molecule has 0 bridgehead atoms. The number of ether oxygens (including phenoxy) is 1. The Kier molecular flexibility index (Phi) is 4.18. The van der Waals surface area contributed by atoms with Crippen molar-refractivity contribution in [3.63, 3.8) is 0 Å². The molecule has 3 aromatic rings. The number of rotatable bonds is 2. The molecule has 1 aliphatic rings. The van der Waals surface area contributed by atoms with E-state index in [2.05, 4.69) is 40.8 Å². The molecule has 3 aromatic heterocycles. The van der Waals surface area contributed by atoms with Crippen LogP contribution < -0.4 is 10.6 Å². The SMILES string of the molecule is Cc1cc(-c2cnc3nc(N)nc(N4CCOCC4)c3n2)cnc1Br. The van der Waals surface area contributed by atoms with E-state index in [1.54, 1.807) is 12.4 Å². The van der Waals surface area contributed by atoms with Gasteiger partial charge < -0.3 is 15.4 Å². The van der Waals surface area contributed by atoms with Crippen LogP contribution in [-0.4, -0.2) is 51.2 Å². The molecule has 0 aliphatic carbocycles. The molecule has 25 heavy (non-hydrogen) atoms. The number of hydrogen-bond donors (Lipinski definition) is 1. The van der Waals surface area contributed by atoms with Crippen LogP contribution in [0.5, 0.6) is 0 Å². The lowest BCUT2D eigenvalue weighted by atomic mass is 10.2. The molecule has 1 fully saturated rings. The van der Waals surface area contributed by atoms with Crippen molar-refractivity contribution in [3.05, 3.63) is 28.6 Å². The third-order valence-electron chi connectivity index (χ3n) is 4.03. The second-order valence-corrected chi connectivity index (χ2v) is 6.52. The van der Waals surface area contributed by atoms with Crippen LogP contribution in [0.2, 0.25) is 0 Å². The molecule has 0 aromatic carbocycles. The largest absolute Gasteiger partial charge is 0.378 e. The number of nitrogens with zero attached hydrogens (tertiary/aromatic N) is 6. The average Bonchev–Trinajstić information content (AvgIpc) is 2.63. The first kappa shape index (κ1) is 16.1. The number of aryl methyl sites for hydroxylation is 1. The lowest BCUT2D eigenvalue weighted by Crippen LogP contribution is -2.37. The zero-order chi connectivity index (χ0) is 17.4. The fourth-order valence-electron chi connectivity index (χ4n) is 2.74. The Balaban J connectivity index is 1.85. The highest BCUT2D eigenvalue weighted by molar-refractivity contribution is 9.10. The fraction of sp³-hybridized carbons (Fsp3) is 0.312. The lowest BCUT2D eigenvalue weighted by molar-refractivity contribution is 0.122. The van der Waals surface area contributed by atoms with Crippen LogP contribution in [0.15, 0.2) is 23.1 Å². The number of anilines is 2. The topological polar surface area (TPSA) is 103 Å². The zero-order valence-electron chi connectivity index (χ0n) is 13.6. The normalized spacial score (nSPS) is 14.9. The van der Waals surface area contributed by atoms with E-state index in [0.717, 1.165) is 34.5 Å². The summed E-state index contributed by atoms with van der Waals surface area (Å²) in [6.45, 7) is 4.74. The number of nitrogen functional groups attached to an aromatic ring is 1. The Hall–Kier alpha value is -2.39. The summed E-state index contributed by atoms with van der Waals surface area (Å²) in [5.74, 6) is 0.888. The van der Waals surface area contributed by atoms with Gasteiger partial charge in [0.2, 0.25) is 5.95 Å². The number of morpholine rings is 1. The predicted molar refractivity (Wildman–Crippen MR) is 98.2 cm³/mol. The van der Waals surface area contributed by atoms with Crippen molar-refractivity contribution in [2.24, 2.45) is 0 Å². The second-order valence-electron chi connectivity index (χ2n) is 5.76. The number of fused-ring (bicyclic) bond motifs is 1. The van der Waals surface area contributed by atoms with Crippen molar-refractivity contribution < 1.29 is 4.74 Å². The third kappa shape index (κ3) is 3.12. The summed E-state index contributed by atoms with van der Waals surface area (Å²) in [5.41, 5.74) is 9.61. The number of hydrogen-bond acceptors (Lipinski definition) is 8. The van der Waals surface area contributed by atoms with Crippen molar-refractivity contribution in [2.45, 2.75) is 6.92 Å². The van der Waals surface area contributed by atoms with E-state index in [4.69, 9.17) is 15.5 Å². The highest BCUT2D eigenvalue weighted by Crippen LogP contribution is 2.26. The first-order valence-electron chi connectivity index (χ1n) is 7.87. The Morgan fingerprint density at radius 1 is 1.12 bits per heavy atom. The van der Waals surface area contributed by atoms with Crippen LogP contribution >= 0.6 is 15.9 Å². The summed E-state index contributed by atoms with van der Waals surface area (Å²) >= 11 is 3.41. The summed E-state index contributed by atoms with van der Waals surface area (Å²) in [7, 11) is 0. The van der Waals surface area contributed by atoms with E-state index < -0.39 is 0 Å². The first-order valence-corrected chi connectivity index (χ1v) is 8.66. The van der Waals surface area contributed by atoms with Crippen LogP contribution in [0.4, 0.5) is 11.8 Å². The van der Waals surface area contributed by atoms with E-state index >= 15 is 0 Å². The van der Waals surface area contributed by atoms with Crippen LogP contribution in [0, 0.1) is 6.92 Å². The first-order chi connectivity index (χ1) is 12.1. The van der Waals surface area contributed by atoms with E-state index in [9.17, 15) is 0 Å². The molecule has 0 radical (unpaired) electrons. The summed E-state index contributed by atoms with van der Waals surface area (Å²) in [6.07, 6.45) is 3.45. The average molecular weight is 402 g/mol. The maximum atomic E-state index is 5.85. The summed E-state index contributed by atoms with van der Waals surface area (Å²) in [6, 6.07) is 2.01. The predicted octanol–water partition coefficient (Wildman–Crippen LogP) is 1.97. The van der Waals surface area contributed by atoms with Gasteiger partial charge in [-0.15, -0.1) is 0 Å². The van der Waals surface area contributed by atoms with Crippen LogP contribution in [-0.2, 0) is 4.74 Å². The van der Waals surface area contributed by atoms with Gasteiger partial charge in [-0.3, -0.25) is 0 Å². The maximum absolute atomic E-state index is 5.85. The summed E-state index contributed by atoms with van der Waals surface area (Å²) < 4.78 is 6.23. The molecule has 0 saturated carbocycles. The van der Waals surface area contributed by atoms with Gasteiger partial charge in [0.15, 0.2) is 17.0 Å². The quantitative estimate of drug-likeness (QED) is 0.649. The van der Waals surface area contributed by atoms with Gasteiger partial charge in [0.05, 0.1) is 25.1 Å². The molecule has 9 heteroatoms. The number of halogens is 1. The van der Waals surface area contributed by atoms with Gasteiger partial charge >= 0.3 is 0 Å². The van der Waals surface area contributed by atoms with Gasteiger partial charge in [-0.05, 0) is 34.5 Å².